The lowest BCUT2D eigenvalue weighted by Crippen LogP contribution is -2.15. The molecule has 0 amide bonds. The van der Waals surface area contributed by atoms with Crippen LogP contribution in [0.4, 0.5) is 0 Å². The predicted molar refractivity (Wildman–Crippen MR) is 138 cm³/mol. The number of benzene rings is 3. The molecule has 0 radical (unpaired) electrons. The van der Waals surface area contributed by atoms with E-state index in [9.17, 15) is 0 Å². The minimum Gasteiger partial charge on any atom is -0.497 e. The summed E-state index contributed by atoms with van der Waals surface area (Å²) in [7, 11) is 1.68. The van der Waals surface area contributed by atoms with Gasteiger partial charge in [-0.25, -0.2) is 0 Å². The fourth-order valence-corrected chi connectivity index (χ4v) is 5.44. The van der Waals surface area contributed by atoms with Crippen molar-refractivity contribution in [2.24, 2.45) is 11.8 Å². The highest BCUT2D eigenvalue weighted by atomic mass is 35.5. The van der Waals surface area contributed by atoms with E-state index in [2.05, 4.69) is 49.4 Å². The number of methoxy groups -OCH3 is 1. The zero-order chi connectivity index (χ0) is 22.3. The van der Waals surface area contributed by atoms with Crippen LogP contribution in [-0.4, -0.2) is 7.11 Å². The molecule has 32 heavy (non-hydrogen) atoms. The van der Waals surface area contributed by atoms with Gasteiger partial charge in [0.25, 0.3) is 0 Å². The number of halogens is 1. The average Bonchev–Trinajstić information content (AvgIpc) is 2.84. The third-order valence-electron chi connectivity index (χ3n) is 7.16. The molecule has 0 aromatic heterocycles. The normalized spacial score (nSPS) is 18.5. The van der Waals surface area contributed by atoms with Crippen LogP contribution in [0, 0.1) is 11.8 Å². The van der Waals surface area contributed by atoms with Crippen molar-refractivity contribution < 1.29 is 4.74 Å². The van der Waals surface area contributed by atoms with E-state index in [1.165, 1.54) is 62.5 Å². The summed E-state index contributed by atoms with van der Waals surface area (Å²) in [4.78, 5) is 0. The molecule has 1 aliphatic rings. The zero-order valence-corrected chi connectivity index (χ0v) is 20.2. The Balaban J connectivity index is 1.36. The van der Waals surface area contributed by atoms with Crippen molar-refractivity contribution in [2.75, 3.05) is 7.11 Å². The Kier molecular flexibility index (Phi) is 7.92. The van der Waals surface area contributed by atoms with E-state index in [1.54, 1.807) is 7.11 Å². The van der Waals surface area contributed by atoms with Crippen LogP contribution in [0.2, 0.25) is 5.02 Å². The van der Waals surface area contributed by atoms with Crippen LogP contribution >= 0.6 is 11.6 Å². The minimum atomic E-state index is 0.774. The predicted octanol–water partition coefficient (Wildman–Crippen LogP) is 9.22. The summed E-state index contributed by atoms with van der Waals surface area (Å²) in [5, 5.41) is 0.774. The van der Waals surface area contributed by atoms with Gasteiger partial charge in [0.2, 0.25) is 0 Å². The van der Waals surface area contributed by atoms with Crippen LogP contribution in [0.3, 0.4) is 0 Å². The first-order valence-electron chi connectivity index (χ1n) is 12.2. The van der Waals surface area contributed by atoms with E-state index < -0.39 is 0 Å². The number of hydrogen-bond donors (Lipinski definition) is 0. The summed E-state index contributed by atoms with van der Waals surface area (Å²) in [5.41, 5.74) is 5.97. The highest BCUT2D eigenvalue weighted by molar-refractivity contribution is 6.33. The Bertz CT molecular complexity index is 982. The number of aryl methyl sites for hydroxylation is 1. The highest BCUT2D eigenvalue weighted by Gasteiger charge is 2.20. The molecule has 4 rings (SSSR count). The fourth-order valence-electron chi connectivity index (χ4n) is 5.15. The smallest absolute Gasteiger partial charge is 0.118 e. The van der Waals surface area contributed by atoms with Crippen molar-refractivity contribution in [1.82, 2.24) is 0 Å². The summed E-state index contributed by atoms with van der Waals surface area (Å²) < 4.78 is 5.25. The molecule has 0 aliphatic heterocycles. The van der Waals surface area contributed by atoms with Gasteiger partial charge in [-0.1, -0.05) is 106 Å². The molecule has 1 saturated carbocycles. The van der Waals surface area contributed by atoms with Crippen LogP contribution in [0.5, 0.6) is 5.75 Å². The minimum absolute atomic E-state index is 0.774. The van der Waals surface area contributed by atoms with Gasteiger partial charge in [0.05, 0.1) is 7.11 Å². The quantitative estimate of drug-likeness (QED) is 0.335. The van der Waals surface area contributed by atoms with Crippen LogP contribution in [-0.2, 0) is 6.42 Å². The molecule has 1 aliphatic carbocycles. The van der Waals surface area contributed by atoms with Gasteiger partial charge in [0.15, 0.2) is 0 Å². The molecule has 0 saturated heterocycles. The molecule has 3 aromatic rings. The number of ether oxygens (including phenoxy) is 1. The second-order valence-corrected chi connectivity index (χ2v) is 9.74. The van der Waals surface area contributed by atoms with E-state index in [-0.39, 0.29) is 0 Å². The second kappa shape index (κ2) is 11.1. The Labute approximate surface area is 198 Å². The molecule has 3 aromatic carbocycles. The molecule has 0 unspecified atom stereocenters. The van der Waals surface area contributed by atoms with E-state index >= 15 is 0 Å². The fraction of sp³-hybridized carbons (Fsp3) is 0.400. The van der Waals surface area contributed by atoms with Crippen molar-refractivity contribution in [1.29, 1.82) is 0 Å². The van der Waals surface area contributed by atoms with E-state index in [4.69, 9.17) is 16.3 Å². The van der Waals surface area contributed by atoms with Crippen LogP contribution in [0.15, 0.2) is 66.7 Å². The van der Waals surface area contributed by atoms with Crippen molar-refractivity contribution in [3.05, 3.63) is 77.3 Å². The molecule has 0 heterocycles. The molecular weight excluding hydrogens is 412 g/mol. The lowest BCUT2D eigenvalue weighted by atomic mass is 9.78. The Morgan fingerprint density at radius 3 is 1.94 bits per heavy atom. The molecule has 1 nitrogen and oxygen atoms in total. The SMILES string of the molecule is CCCC1CCC(CCc2ccc(-c3ccc(-c4ccc(OC)cc4)c(Cl)c3)cc2)CC1. The van der Waals surface area contributed by atoms with Crippen molar-refractivity contribution in [3.63, 3.8) is 0 Å². The Morgan fingerprint density at radius 2 is 1.34 bits per heavy atom. The Morgan fingerprint density at radius 1 is 0.750 bits per heavy atom. The van der Waals surface area contributed by atoms with Gasteiger partial charge in [0, 0.05) is 10.6 Å². The van der Waals surface area contributed by atoms with Crippen LogP contribution < -0.4 is 4.74 Å². The van der Waals surface area contributed by atoms with Gasteiger partial charge in [-0.15, -0.1) is 0 Å². The third kappa shape index (κ3) is 5.75. The van der Waals surface area contributed by atoms with E-state index in [0.29, 0.717) is 0 Å². The zero-order valence-electron chi connectivity index (χ0n) is 19.4. The molecule has 168 valence electrons. The summed E-state index contributed by atoms with van der Waals surface area (Å²) in [6.45, 7) is 2.32. The van der Waals surface area contributed by atoms with Gasteiger partial charge < -0.3 is 4.74 Å². The van der Waals surface area contributed by atoms with Gasteiger partial charge in [-0.05, 0) is 65.1 Å². The number of rotatable bonds is 8. The first-order valence-corrected chi connectivity index (χ1v) is 12.6. The largest absolute Gasteiger partial charge is 0.497 e. The average molecular weight is 447 g/mol. The molecule has 0 N–H and O–H groups in total. The van der Waals surface area contributed by atoms with Gasteiger partial charge in [-0.3, -0.25) is 0 Å². The summed E-state index contributed by atoms with van der Waals surface area (Å²) in [6, 6.07) is 23.5. The molecular formula is C30H35ClO. The monoisotopic (exact) mass is 446 g/mol. The first-order chi connectivity index (χ1) is 15.7. The maximum absolute atomic E-state index is 6.65. The Hall–Kier alpha value is -2.25. The maximum atomic E-state index is 6.65. The molecule has 0 bridgehead atoms. The summed E-state index contributed by atoms with van der Waals surface area (Å²) in [6.07, 6.45) is 11.1. The van der Waals surface area contributed by atoms with Gasteiger partial charge in [-0.2, -0.15) is 0 Å². The van der Waals surface area contributed by atoms with E-state index in [1.807, 2.05) is 24.3 Å². The molecule has 0 spiro atoms. The topological polar surface area (TPSA) is 9.23 Å². The summed E-state index contributed by atoms with van der Waals surface area (Å²) in [5.74, 6) is 2.77. The van der Waals surface area contributed by atoms with Crippen molar-refractivity contribution in [2.45, 2.75) is 58.3 Å². The second-order valence-electron chi connectivity index (χ2n) is 9.33. The van der Waals surface area contributed by atoms with Gasteiger partial charge >= 0.3 is 0 Å². The first kappa shape index (κ1) is 22.9. The maximum Gasteiger partial charge on any atom is 0.118 e. The summed E-state index contributed by atoms with van der Waals surface area (Å²) >= 11 is 6.65. The third-order valence-corrected chi connectivity index (χ3v) is 7.47. The van der Waals surface area contributed by atoms with Crippen LogP contribution in [0.25, 0.3) is 22.3 Å². The van der Waals surface area contributed by atoms with Crippen LogP contribution in [0.1, 0.15) is 57.4 Å². The van der Waals surface area contributed by atoms with E-state index in [0.717, 1.165) is 39.3 Å². The van der Waals surface area contributed by atoms with Crippen molar-refractivity contribution >= 4 is 11.6 Å². The number of hydrogen-bond acceptors (Lipinski definition) is 1. The molecule has 0 atom stereocenters. The standard InChI is InChI=1S/C30H35ClO/c1-3-4-22-5-7-23(8-6-22)9-10-24-11-13-25(14-12-24)27-17-20-29(30(31)21-27)26-15-18-28(32-2)19-16-26/h11-23H,3-10H2,1-2H3. The molecule has 1 fully saturated rings. The van der Waals surface area contributed by atoms with Gasteiger partial charge in [0.1, 0.15) is 5.75 Å². The van der Waals surface area contributed by atoms with Crippen molar-refractivity contribution in [3.8, 4) is 28.0 Å². The lowest BCUT2D eigenvalue weighted by Gasteiger charge is -2.28. The molecule has 2 heteroatoms. The highest BCUT2D eigenvalue weighted by Crippen LogP contribution is 2.35. The lowest BCUT2D eigenvalue weighted by molar-refractivity contribution is 0.252.